The zero-order valence-electron chi connectivity index (χ0n) is 11.5. The molecule has 0 N–H and O–H groups in total. The molecule has 0 aliphatic carbocycles. The maximum Gasteiger partial charge on any atom is 0.105 e. The number of nitrogens with zero attached hydrogens (tertiary/aromatic N) is 4. The van der Waals surface area contributed by atoms with Crippen LogP contribution in [0.3, 0.4) is 0 Å². The van der Waals surface area contributed by atoms with Gasteiger partial charge in [0.15, 0.2) is 0 Å². The second-order valence-corrected chi connectivity index (χ2v) is 5.45. The van der Waals surface area contributed by atoms with Crippen LogP contribution in [0.5, 0.6) is 0 Å². The molecule has 4 nitrogen and oxygen atoms in total. The van der Waals surface area contributed by atoms with Gasteiger partial charge in [-0.2, -0.15) is 0 Å². The van der Waals surface area contributed by atoms with Crippen LogP contribution in [-0.4, -0.2) is 25.4 Å². The summed E-state index contributed by atoms with van der Waals surface area (Å²) in [5.74, 6) is 1.00. The van der Waals surface area contributed by atoms with Gasteiger partial charge in [0, 0.05) is 29.2 Å². The Labute approximate surface area is 122 Å². The highest BCUT2D eigenvalue weighted by atomic mass is 32.2. The highest BCUT2D eigenvalue weighted by molar-refractivity contribution is 7.98. The van der Waals surface area contributed by atoms with Gasteiger partial charge in [-0.05, 0) is 37.4 Å². The largest absolute Gasteiger partial charge is 0.329 e. The predicted octanol–water partition coefficient (Wildman–Crippen LogP) is 3.15. The van der Waals surface area contributed by atoms with Gasteiger partial charge in [0.1, 0.15) is 5.82 Å². The maximum atomic E-state index is 4.46. The number of aromatic nitrogens is 4. The number of rotatable bonds is 4. The Morgan fingerprint density at radius 2 is 1.95 bits per heavy atom. The molecular weight excluding hydrogens is 268 g/mol. The van der Waals surface area contributed by atoms with Crippen LogP contribution in [0.4, 0.5) is 0 Å². The van der Waals surface area contributed by atoms with Crippen LogP contribution in [0.15, 0.2) is 54.1 Å². The summed E-state index contributed by atoms with van der Waals surface area (Å²) in [5, 5.41) is 0. The van der Waals surface area contributed by atoms with Crippen LogP contribution in [0.2, 0.25) is 0 Å². The fraction of sp³-hybridized carbons (Fsp3) is 0.200. The second-order valence-electron chi connectivity index (χ2n) is 4.57. The second kappa shape index (κ2) is 5.54. The first kappa shape index (κ1) is 13.0. The quantitative estimate of drug-likeness (QED) is 0.690. The van der Waals surface area contributed by atoms with Gasteiger partial charge in [-0.1, -0.05) is 0 Å². The molecule has 0 saturated carbocycles. The van der Waals surface area contributed by atoms with Crippen molar-refractivity contribution in [1.82, 2.24) is 19.1 Å². The minimum atomic E-state index is 0.752. The Kier molecular flexibility index (Phi) is 3.60. The molecule has 2 heterocycles. The SMILES string of the molecule is CSc1ccc(-n2cnc(Cn3ccnc3C)c2)cc1. The summed E-state index contributed by atoms with van der Waals surface area (Å²) >= 11 is 1.75. The van der Waals surface area contributed by atoms with E-state index in [0.29, 0.717) is 0 Å². The Balaban J connectivity index is 1.80. The van der Waals surface area contributed by atoms with Crippen LogP contribution < -0.4 is 0 Å². The van der Waals surface area contributed by atoms with Crippen molar-refractivity contribution in [2.24, 2.45) is 0 Å². The molecule has 0 aliphatic heterocycles. The van der Waals surface area contributed by atoms with E-state index in [-0.39, 0.29) is 0 Å². The van der Waals surface area contributed by atoms with Crippen LogP contribution >= 0.6 is 11.8 Å². The fourth-order valence-corrected chi connectivity index (χ4v) is 2.49. The van der Waals surface area contributed by atoms with Crippen molar-refractivity contribution in [2.75, 3.05) is 6.26 Å². The first-order valence-corrected chi connectivity index (χ1v) is 7.64. The van der Waals surface area contributed by atoms with E-state index < -0.39 is 0 Å². The molecule has 0 fully saturated rings. The molecule has 0 aliphatic rings. The Morgan fingerprint density at radius 1 is 1.15 bits per heavy atom. The number of hydrogen-bond acceptors (Lipinski definition) is 3. The van der Waals surface area contributed by atoms with E-state index in [1.165, 1.54) is 4.90 Å². The molecular formula is C15H16N4S. The number of aryl methyl sites for hydroxylation is 1. The lowest BCUT2D eigenvalue weighted by Crippen LogP contribution is -2.00. The molecule has 0 unspecified atom stereocenters. The highest BCUT2D eigenvalue weighted by Crippen LogP contribution is 2.17. The Hall–Kier alpha value is -2.01. The van der Waals surface area contributed by atoms with Gasteiger partial charge in [-0.25, -0.2) is 9.97 Å². The van der Waals surface area contributed by atoms with Crippen molar-refractivity contribution in [3.63, 3.8) is 0 Å². The van der Waals surface area contributed by atoms with Crippen molar-refractivity contribution in [2.45, 2.75) is 18.4 Å². The van der Waals surface area contributed by atoms with Gasteiger partial charge in [0.25, 0.3) is 0 Å². The van der Waals surface area contributed by atoms with E-state index in [0.717, 1.165) is 23.8 Å². The van der Waals surface area contributed by atoms with E-state index in [1.54, 1.807) is 11.8 Å². The molecule has 0 amide bonds. The summed E-state index contributed by atoms with van der Waals surface area (Å²) in [6, 6.07) is 8.47. The lowest BCUT2D eigenvalue weighted by atomic mass is 10.3. The topological polar surface area (TPSA) is 35.6 Å². The molecule has 0 saturated heterocycles. The maximum absolute atomic E-state index is 4.46. The third-order valence-electron chi connectivity index (χ3n) is 3.26. The molecule has 1 aromatic carbocycles. The molecule has 0 bridgehead atoms. The zero-order valence-corrected chi connectivity index (χ0v) is 12.3. The molecule has 2 aromatic heterocycles. The summed E-state index contributed by atoms with van der Waals surface area (Å²) in [7, 11) is 0. The molecule has 102 valence electrons. The average Bonchev–Trinajstić information content (AvgIpc) is 3.10. The highest BCUT2D eigenvalue weighted by Gasteiger charge is 2.03. The lowest BCUT2D eigenvalue weighted by molar-refractivity contribution is 0.746. The first-order valence-electron chi connectivity index (χ1n) is 6.41. The van der Waals surface area contributed by atoms with Gasteiger partial charge in [0.05, 0.1) is 18.6 Å². The number of thioether (sulfide) groups is 1. The van der Waals surface area contributed by atoms with Crippen molar-refractivity contribution in [3.8, 4) is 5.69 Å². The summed E-state index contributed by atoms with van der Waals surface area (Å²) in [4.78, 5) is 9.95. The van der Waals surface area contributed by atoms with E-state index in [2.05, 4.69) is 51.3 Å². The van der Waals surface area contributed by atoms with Crippen LogP contribution in [-0.2, 0) is 6.54 Å². The van der Waals surface area contributed by atoms with E-state index in [1.807, 2.05) is 30.2 Å². The van der Waals surface area contributed by atoms with Crippen molar-refractivity contribution in [3.05, 3.63) is 60.7 Å². The van der Waals surface area contributed by atoms with Gasteiger partial charge >= 0.3 is 0 Å². The van der Waals surface area contributed by atoms with Crippen LogP contribution in [0, 0.1) is 6.92 Å². The van der Waals surface area contributed by atoms with E-state index >= 15 is 0 Å². The average molecular weight is 284 g/mol. The fourth-order valence-electron chi connectivity index (χ4n) is 2.09. The number of hydrogen-bond donors (Lipinski definition) is 0. The Morgan fingerprint density at radius 3 is 2.60 bits per heavy atom. The summed E-state index contributed by atoms with van der Waals surface area (Å²) in [5.41, 5.74) is 2.16. The molecule has 20 heavy (non-hydrogen) atoms. The molecule has 5 heteroatoms. The van der Waals surface area contributed by atoms with E-state index in [4.69, 9.17) is 0 Å². The van der Waals surface area contributed by atoms with Crippen molar-refractivity contribution in [1.29, 1.82) is 0 Å². The van der Waals surface area contributed by atoms with Gasteiger partial charge < -0.3 is 9.13 Å². The minimum Gasteiger partial charge on any atom is -0.329 e. The predicted molar refractivity (Wildman–Crippen MR) is 81.4 cm³/mol. The minimum absolute atomic E-state index is 0.752. The molecule has 0 spiro atoms. The monoisotopic (exact) mass is 284 g/mol. The van der Waals surface area contributed by atoms with Crippen LogP contribution in [0.25, 0.3) is 5.69 Å². The normalized spacial score (nSPS) is 10.9. The Bertz CT molecular complexity index is 697. The lowest BCUT2D eigenvalue weighted by Gasteiger charge is -2.03. The summed E-state index contributed by atoms with van der Waals surface area (Å²) in [6.07, 6.45) is 9.79. The summed E-state index contributed by atoms with van der Waals surface area (Å²) in [6.45, 7) is 2.75. The summed E-state index contributed by atoms with van der Waals surface area (Å²) < 4.78 is 4.13. The zero-order chi connectivity index (χ0) is 13.9. The number of imidazole rings is 2. The van der Waals surface area contributed by atoms with Gasteiger partial charge in [-0.3, -0.25) is 0 Å². The molecule has 0 atom stereocenters. The van der Waals surface area contributed by atoms with Gasteiger partial charge in [-0.15, -0.1) is 11.8 Å². The van der Waals surface area contributed by atoms with Crippen LogP contribution in [0.1, 0.15) is 11.5 Å². The molecule has 0 radical (unpaired) electrons. The third kappa shape index (κ3) is 2.63. The molecule has 3 aromatic rings. The van der Waals surface area contributed by atoms with Crippen molar-refractivity contribution >= 4 is 11.8 Å². The smallest absolute Gasteiger partial charge is 0.105 e. The standard InChI is InChI=1S/C15H16N4S/c1-12-16-7-8-18(12)9-13-10-19(11-17-13)14-3-5-15(20-2)6-4-14/h3-8,10-11H,9H2,1-2H3. The molecule has 3 rings (SSSR count). The third-order valence-corrected chi connectivity index (χ3v) is 4.01. The van der Waals surface area contributed by atoms with E-state index in [9.17, 15) is 0 Å². The van der Waals surface area contributed by atoms with Gasteiger partial charge in [0.2, 0.25) is 0 Å². The first-order chi connectivity index (χ1) is 9.76. The number of benzene rings is 1. The van der Waals surface area contributed by atoms with Crippen molar-refractivity contribution < 1.29 is 0 Å².